The SMILES string of the molecule is COc1ccc(S(=O)(=O)N2CCC[C@@H](C(=O)N(C)Cc3ccccc3F)C2)cc1. The van der Waals surface area contributed by atoms with Crippen molar-refractivity contribution in [1.29, 1.82) is 0 Å². The van der Waals surface area contributed by atoms with Crippen LogP contribution >= 0.6 is 0 Å². The zero-order chi connectivity index (χ0) is 21.0. The molecular weight excluding hydrogens is 395 g/mol. The van der Waals surface area contributed by atoms with Crippen LogP contribution in [0.5, 0.6) is 5.75 Å². The molecule has 6 nitrogen and oxygen atoms in total. The fraction of sp³-hybridized carbons (Fsp3) is 0.381. The molecule has 2 aromatic carbocycles. The van der Waals surface area contributed by atoms with Gasteiger partial charge < -0.3 is 9.64 Å². The normalized spacial score (nSPS) is 17.7. The maximum Gasteiger partial charge on any atom is 0.243 e. The molecule has 8 heteroatoms. The molecule has 1 amide bonds. The van der Waals surface area contributed by atoms with Crippen LogP contribution < -0.4 is 4.74 Å². The summed E-state index contributed by atoms with van der Waals surface area (Å²) in [4.78, 5) is 14.5. The van der Waals surface area contributed by atoms with Gasteiger partial charge in [-0.2, -0.15) is 4.31 Å². The summed E-state index contributed by atoms with van der Waals surface area (Å²) in [5.41, 5.74) is 0.432. The number of nitrogens with zero attached hydrogens (tertiary/aromatic N) is 2. The summed E-state index contributed by atoms with van der Waals surface area (Å²) in [7, 11) is -0.565. The second kappa shape index (κ2) is 8.92. The number of carbonyl (C=O) groups is 1. The number of hydrogen-bond acceptors (Lipinski definition) is 4. The first-order valence-electron chi connectivity index (χ1n) is 9.45. The van der Waals surface area contributed by atoms with Gasteiger partial charge >= 0.3 is 0 Å². The van der Waals surface area contributed by atoms with Gasteiger partial charge in [0.15, 0.2) is 0 Å². The van der Waals surface area contributed by atoms with Gasteiger partial charge in [-0.25, -0.2) is 12.8 Å². The monoisotopic (exact) mass is 420 g/mol. The van der Waals surface area contributed by atoms with E-state index in [1.165, 1.54) is 34.5 Å². The molecule has 1 aliphatic rings. The van der Waals surface area contributed by atoms with Crippen molar-refractivity contribution in [1.82, 2.24) is 9.21 Å². The number of hydrogen-bond donors (Lipinski definition) is 0. The van der Waals surface area contributed by atoms with E-state index in [1.54, 1.807) is 37.4 Å². The number of halogens is 1. The number of amides is 1. The van der Waals surface area contributed by atoms with Crippen molar-refractivity contribution in [2.24, 2.45) is 5.92 Å². The Hall–Kier alpha value is -2.45. The minimum absolute atomic E-state index is 0.120. The largest absolute Gasteiger partial charge is 0.497 e. The molecule has 1 heterocycles. The highest BCUT2D eigenvalue weighted by atomic mass is 32.2. The van der Waals surface area contributed by atoms with E-state index in [1.807, 2.05) is 0 Å². The Morgan fingerprint density at radius 1 is 1.21 bits per heavy atom. The summed E-state index contributed by atoms with van der Waals surface area (Å²) >= 11 is 0. The van der Waals surface area contributed by atoms with Gasteiger partial charge in [0, 0.05) is 32.2 Å². The highest BCUT2D eigenvalue weighted by Crippen LogP contribution is 2.26. The lowest BCUT2D eigenvalue weighted by Crippen LogP contribution is -2.45. The topological polar surface area (TPSA) is 66.9 Å². The van der Waals surface area contributed by atoms with E-state index in [4.69, 9.17) is 4.74 Å². The molecule has 1 fully saturated rings. The number of ether oxygens (including phenoxy) is 1. The number of piperidine rings is 1. The predicted octanol–water partition coefficient (Wildman–Crippen LogP) is 2.89. The van der Waals surface area contributed by atoms with Gasteiger partial charge in [0.2, 0.25) is 15.9 Å². The van der Waals surface area contributed by atoms with Crippen LogP contribution in [0.4, 0.5) is 4.39 Å². The van der Waals surface area contributed by atoms with E-state index in [9.17, 15) is 17.6 Å². The lowest BCUT2D eigenvalue weighted by Gasteiger charge is -2.33. The minimum Gasteiger partial charge on any atom is -0.497 e. The molecule has 0 spiro atoms. The quantitative estimate of drug-likeness (QED) is 0.721. The molecule has 0 bridgehead atoms. The first kappa shape index (κ1) is 21.3. The van der Waals surface area contributed by atoms with E-state index in [2.05, 4.69) is 0 Å². The van der Waals surface area contributed by atoms with E-state index < -0.39 is 15.9 Å². The maximum absolute atomic E-state index is 13.9. The molecule has 0 N–H and O–H groups in total. The van der Waals surface area contributed by atoms with Crippen LogP contribution in [0, 0.1) is 11.7 Å². The lowest BCUT2D eigenvalue weighted by atomic mass is 9.98. The predicted molar refractivity (Wildman–Crippen MR) is 107 cm³/mol. The molecule has 0 aromatic heterocycles. The van der Waals surface area contributed by atoms with Crippen LogP contribution in [-0.2, 0) is 21.4 Å². The molecule has 0 aliphatic carbocycles. The zero-order valence-electron chi connectivity index (χ0n) is 16.5. The fourth-order valence-electron chi connectivity index (χ4n) is 3.53. The number of carbonyl (C=O) groups excluding carboxylic acids is 1. The van der Waals surface area contributed by atoms with Crippen molar-refractivity contribution in [2.75, 3.05) is 27.2 Å². The molecule has 1 saturated heterocycles. The van der Waals surface area contributed by atoms with E-state index >= 15 is 0 Å². The van der Waals surface area contributed by atoms with Gasteiger partial charge in [0.05, 0.1) is 17.9 Å². The first-order chi connectivity index (χ1) is 13.8. The van der Waals surface area contributed by atoms with E-state index in [-0.39, 0.29) is 29.7 Å². The third-order valence-electron chi connectivity index (χ3n) is 5.17. The van der Waals surface area contributed by atoms with Crippen LogP contribution in [0.15, 0.2) is 53.4 Å². The highest BCUT2D eigenvalue weighted by Gasteiger charge is 2.34. The molecule has 0 unspecified atom stereocenters. The average Bonchev–Trinajstić information content (AvgIpc) is 2.75. The molecule has 156 valence electrons. The highest BCUT2D eigenvalue weighted by molar-refractivity contribution is 7.89. The summed E-state index contributed by atoms with van der Waals surface area (Å²) in [6.07, 6.45) is 1.20. The minimum atomic E-state index is -3.70. The standard InChI is InChI=1S/C21H25FN2O4S/c1-23(14-16-6-3-4-8-20(16)22)21(25)17-7-5-13-24(15-17)29(26,27)19-11-9-18(28-2)10-12-19/h3-4,6,8-12,17H,5,7,13-15H2,1-2H3/t17-/m1/s1. The van der Waals surface area contributed by atoms with Gasteiger partial charge in [-0.3, -0.25) is 4.79 Å². The summed E-state index contributed by atoms with van der Waals surface area (Å²) in [5.74, 6) is -0.415. The molecule has 29 heavy (non-hydrogen) atoms. The van der Waals surface area contributed by atoms with Gasteiger partial charge in [-0.05, 0) is 43.2 Å². The summed E-state index contributed by atoms with van der Waals surface area (Å²) in [6, 6.07) is 12.5. The summed E-state index contributed by atoms with van der Waals surface area (Å²) < 4.78 is 46.3. The molecular formula is C21H25FN2O4S. The lowest BCUT2D eigenvalue weighted by molar-refractivity contribution is -0.135. The second-order valence-electron chi connectivity index (χ2n) is 7.16. The molecule has 1 aliphatic heterocycles. The Balaban J connectivity index is 1.70. The van der Waals surface area contributed by atoms with Gasteiger partial charge in [0.25, 0.3) is 0 Å². The number of sulfonamides is 1. The Labute approximate surface area is 170 Å². The second-order valence-corrected chi connectivity index (χ2v) is 9.10. The molecule has 0 saturated carbocycles. The van der Waals surface area contributed by atoms with Crippen LogP contribution in [0.25, 0.3) is 0 Å². The smallest absolute Gasteiger partial charge is 0.243 e. The Morgan fingerprint density at radius 2 is 1.90 bits per heavy atom. The van der Waals surface area contributed by atoms with E-state index in [0.717, 1.165) is 0 Å². The fourth-order valence-corrected chi connectivity index (χ4v) is 5.05. The molecule has 0 radical (unpaired) electrons. The van der Waals surface area contributed by atoms with Crippen molar-refractivity contribution in [2.45, 2.75) is 24.3 Å². The summed E-state index contributed by atoms with van der Waals surface area (Å²) in [6.45, 7) is 0.636. The molecule has 2 aromatic rings. The third-order valence-corrected chi connectivity index (χ3v) is 7.05. The van der Waals surface area contributed by atoms with Crippen molar-refractivity contribution in [3.63, 3.8) is 0 Å². The van der Waals surface area contributed by atoms with Crippen LogP contribution in [-0.4, -0.2) is 50.8 Å². The number of benzene rings is 2. The van der Waals surface area contributed by atoms with Crippen LogP contribution in [0.3, 0.4) is 0 Å². The molecule has 3 rings (SSSR count). The van der Waals surface area contributed by atoms with Crippen molar-refractivity contribution < 1.29 is 22.3 Å². The third kappa shape index (κ3) is 4.76. The van der Waals surface area contributed by atoms with Gasteiger partial charge in [-0.1, -0.05) is 18.2 Å². The number of methoxy groups -OCH3 is 1. The van der Waals surface area contributed by atoms with Crippen molar-refractivity contribution in [3.05, 3.63) is 59.9 Å². The summed E-state index contributed by atoms with van der Waals surface area (Å²) in [5, 5.41) is 0. The Bertz CT molecular complexity index is 963. The Kier molecular flexibility index (Phi) is 6.54. The molecule has 1 atom stereocenters. The number of rotatable bonds is 6. The average molecular weight is 421 g/mol. The van der Waals surface area contributed by atoms with Crippen LogP contribution in [0.2, 0.25) is 0 Å². The van der Waals surface area contributed by atoms with E-state index in [0.29, 0.717) is 30.7 Å². The van der Waals surface area contributed by atoms with Crippen LogP contribution in [0.1, 0.15) is 18.4 Å². The first-order valence-corrected chi connectivity index (χ1v) is 10.9. The van der Waals surface area contributed by atoms with Gasteiger partial charge in [0.1, 0.15) is 11.6 Å². The van der Waals surface area contributed by atoms with Crippen molar-refractivity contribution >= 4 is 15.9 Å². The van der Waals surface area contributed by atoms with Crippen molar-refractivity contribution in [3.8, 4) is 5.75 Å². The zero-order valence-corrected chi connectivity index (χ0v) is 17.4. The maximum atomic E-state index is 13.9. The van der Waals surface area contributed by atoms with Gasteiger partial charge in [-0.15, -0.1) is 0 Å². The Morgan fingerprint density at radius 3 is 2.55 bits per heavy atom.